The molecule has 8 heteroatoms. The molecule has 22 heavy (non-hydrogen) atoms. The van der Waals surface area contributed by atoms with Gasteiger partial charge in [-0.2, -0.15) is 0 Å². The van der Waals surface area contributed by atoms with E-state index < -0.39 is 44.0 Å². The summed E-state index contributed by atoms with van der Waals surface area (Å²) in [6.45, 7) is -0.173. The van der Waals surface area contributed by atoms with Crippen molar-refractivity contribution in [2.45, 2.75) is 12.5 Å². The van der Waals surface area contributed by atoms with E-state index >= 15 is 0 Å². The van der Waals surface area contributed by atoms with Crippen LogP contribution in [0.2, 0.25) is 5.02 Å². The predicted octanol–water partition coefficient (Wildman–Crippen LogP) is 1.88. The molecule has 0 spiro atoms. The topological polar surface area (TPSA) is 54.5 Å². The van der Waals surface area contributed by atoms with Gasteiger partial charge in [-0.05, 0) is 18.6 Å². The summed E-state index contributed by atoms with van der Waals surface area (Å²) >= 11 is 5.46. The highest BCUT2D eigenvalue weighted by atomic mass is 35.5. The van der Waals surface area contributed by atoms with Gasteiger partial charge in [-0.3, -0.25) is 4.79 Å². The van der Waals surface area contributed by atoms with Crippen molar-refractivity contribution < 1.29 is 22.0 Å². The minimum Gasteiger partial charge on any atom is -0.323 e. The zero-order valence-corrected chi connectivity index (χ0v) is 12.9. The van der Waals surface area contributed by atoms with Crippen LogP contribution < -0.4 is 0 Å². The standard InChI is InChI=1S/C14H12ClF2NO3S/c1-2-6-18(9-5-7-22(20,21)8-9)14(19)10-3-4-11(16)12(15)13(10)17/h1,3-4,9H,5-8H2. The summed E-state index contributed by atoms with van der Waals surface area (Å²) in [6.07, 6.45) is 5.43. The fraction of sp³-hybridized carbons (Fsp3) is 0.357. The lowest BCUT2D eigenvalue weighted by atomic mass is 10.1. The van der Waals surface area contributed by atoms with Crippen LogP contribution in [0.15, 0.2) is 12.1 Å². The molecule has 1 heterocycles. The minimum atomic E-state index is -3.24. The van der Waals surface area contributed by atoms with Crippen molar-refractivity contribution in [3.05, 3.63) is 34.4 Å². The molecule has 4 nitrogen and oxygen atoms in total. The van der Waals surface area contributed by atoms with E-state index in [1.165, 1.54) is 0 Å². The van der Waals surface area contributed by atoms with Gasteiger partial charge in [0.05, 0.1) is 23.6 Å². The molecule has 2 rings (SSSR count). The Bertz CT molecular complexity index is 758. The van der Waals surface area contributed by atoms with Crippen LogP contribution >= 0.6 is 11.6 Å². The molecule has 1 amide bonds. The second-order valence-corrected chi connectivity index (χ2v) is 7.52. The number of hydrogen-bond acceptors (Lipinski definition) is 3. The molecule has 1 aromatic rings. The first-order chi connectivity index (χ1) is 10.3. The molecule has 0 bridgehead atoms. The summed E-state index contributed by atoms with van der Waals surface area (Å²) < 4.78 is 50.2. The van der Waals surface area contributed by atoms with E-state index in [9.17, 15) is 22.0 Å². The first kappa shape index (κ1) is 16.7. The van der Waals surface area contributed by atoms with Crippen LogP contribution in [-0.2, 0) is 9.84 Å². The van der Waals surface area contributed by atoms with Crippen LogP contribution in [0.1, 0.15) is 16.8 Å². The van der Waals surface area contributed by atoms with E-state index in [1.54, 1.807) is 0 Å². The molecule has 1 atom stereocenters. The van der Waals surface area contributed by atoms with Crippen LogP contribution in [0, 0.1) is 24.0 Å². The summed E-state index contributed by atoms with van der Waals surface area (Å²) in [4.78, 5) is 13.5. The zero-order valence-electron chi connectivity index (χ0n) is 11.4. The molecule has 0 aromatic heterocycles. The van der Waals surface area contributed by atoms with Crippen LogP contribution in [0.5, 0.6) is 0 Å². The van der Waals surface area contributed by atoms with E-state index in [4.69, 9.17) is 18.0 Å². The van der Waals surface area contributed by atoms with Crippen molar-refractivity contribution >= 4 is 27.3 Å². The van der Waals surface area contributed by atoms with Gasteiger partial charge < -0.3 is 4.90 Å². The van der Waals surface area contributed by atoms with Crippen LogP contribution in [0.3, 0.4) is 0 Å². The van der Waals surface area contributed by atoms with Gasteiger partial charge in [0.1, 0.15) is 10.8 Å². The number of halogens is 3. The van der Waals surface area contributed by atoms with Crippen molar-refractivity contribution in [1.82, 2.24) is 4.90 Å². The third kappa shape index (κ3) is 3.23. The van der Waals surface area contributed by atoms with E-state index in [2.05, 4.69) is 5.92 Å². The Hall–Kier alpha value is -1.65. The van der Waals surface area contributed by atoms with Crippen LogP contribution in [-0.4, -0.2) is 43.3 Å². The number of terminal acetylenes is 1. The zero-order chi connectivity index (χ0) is 16.5. The van der Waals surface area contributed by atoms with Crippen LogP contribution in [0.25, 0.3) is 0 Å². The highest BCUT2D eigenvalue weighted by Crippen LogP contribution is 2.25. The third-order valence-electron chi connectivity index (χ3n) is 3.44. The number of nitrogens with zero attached hydrogens (tertiary/aromatic N) is 1. The largest absolute Gasteiger partial charge is 0.323 e. The molecular formula is C14H12ClF2NO3S. The number of carbonyl (C=O) groups is 1. The quantitative estimate of drug-likeness (QED) is 0.619. The number of amides is 1. The summed E-state index contributed by atoms with van der Waals surface area (Å²) in [5.41, 5.74) is -0.439. The molecule has 1 aliphatic rings. The second kappa shape index (κ2) is 6.23. The van der Waals surface area contributed by atoms with Gasteiger partial charge in [0.2, 0.25) is 0 Å². The average Bonchev–Trinajstić information content (AvgIpc) is 2.81. The third-order valence-corrected chi connectivity index (χ3v) is 5.53. The number of carbonyl (C=O) groups excluding carboxylic acids is 1. The first-order valence-electron chi connectivity index (χ1n) is 6.35. The predicted molar refractivity (Wildman–Crippen MR) is 78.3 cm³/mol. The molecule has 0 N–H and O–H groups in total. The molecule has 118 valence electrons. The average molecular weight is 348 g/mol. The second-order valence-electron chi connectivity index (χ2n) is 4.92. The molecule has 1 saturated heterocycles. The van der Waals surface area contributed by atoms with E-state index in [1.807, 2.05) is 0 Å². The summed E-state index contributed by atoms with van der Waals surface area (Å²) in [7, 11) is -3.24. The summed E-state index contributed by atoms with van der Waals surface area (Å²) in [5, 5.41) is -0.787. The lowest BCUT2D eigenvalue weighted by Crippen LogP contribution is -2.41. The monoisotopic (exact) mass is 347 g/mol. The SMILES string of the molecule is C#CCN(C(=O)c1ccc(F)c(Cl)c1F)C1CCS(=O)(=O)C1. The van der Waals surface area contributed by atoms with Gasteiger partial charge in [0.15, 0.2) is 15.7 Å². The Morgan fingerprint density at radius 1 is 1.45 bits per heavy atom. The molecule has 0 radical (unpaired) electrons. The van der Waals surface area contributed by atoms with E-state index in [0.717, 1.165) is 17.0 Å². The molecule has 1 unspecified atom stereocenters. The molecule has 0 aliphatic carbocycles. The van der Waals surface area contributed by atoms with Crippen molar-refractivity contribution in [1.29, 1.82) is 0 Å². The lowest BCUT2D eigenvalue weighted by molar-refractivity contribution is 0.0719. The highest BCUT2D eigenvalue weighted by molar-refractivity contribution is 7.91. The maximum Gasteiger partial charge on any atom is 0.257 e. The van der Waals surface area contributed by atoms with Gasteiger partial charge in [0, 0.05) is 6.04 Å². The van der Waals surface area contributed by atoms with Gasteiger partial charge in [0.25, 0.3) is 5.91 Å². The molecule has 1 aliphatic heterocycles. The van der Waals surface area contributed by atoms with Crippen molar-refractivity contribution in [2.24, 2.45) is 0 Å². The van der Waals surface area contributed by atoms with Gasteiger partial charge in [-0.25, -0.2) is 17.2 Å². The summed E-state index contributed by atoms with van der Waals surface area (Å²) in [5.74, 6) is -1.01. The van der Waals surface area contributed by atoms with Gasteiger partial charge in [-0.1, -0.05) is 17.5 Å². The fourth-order valence-electron chi connectivity index (χ4n) is 2.33. The number of benzene rings is 1. The molecular weight excluding hydrogens is 336 g/mol. The smallest absolute Gasteiger partial charge is 0.257 e. The Balaban J connectivity index is 2.36. The highest BCUT2D eigenvalue weighted by Gasteiger charge is 2.35. The van der Waals surface area contributed by atoms with Gasteiger partial charge >= 0.3 is 0 Å². The molecule has 1 aromatic carbocycles. The fourth-order valence-corrected chi connectivity index (χ4v) is 4.23. The number of hydrogen-bond donors (Lipinski definition) is 0. The molecule has 1 fully saturated rings. The summed E-state index contributed by atoms with van der Waals surface area (Å²) in [6, 6.07) is 1.21. The van der Waals surface area contributed by atoms with Crippen molar-refractivity contribution in [3.63, 3.8) is 0 Å². The van der Waals surface area contributed by atoms with Gasteiger partial charge in [-0.15, -0.1) is 6.42 Å². The normalized spacial score (nSPS) is 19.6. The Morgan fingerprint density at radius 2 is 2.14 bits per heavy atom. The Labute approximate surface area is 132 Å². The maximum absolute atomic E-state index is 14.0. The first-order valence-corrected chi connectivity index (χ1v) is 8.55. The molecule has 0 saturated carbocycles. The van der Waals surface area contributed by atoms with Crippen LogP contribution in [0.4, 0.5) is 8.78 Å². The maximum atomic E-state index is 14.0. The minimum absolute atomic E-state index is 0.0569. The Morgan fingerprint density at radius 3 is 2.68 bits per heavy atom. The van der Waals surface area contributed by atoms with E-state index in [0.29, 0.717) is 0 Å². The lowest BCUT2D eigenvalue weighted by Gasteiger charge is -2.26. The Kier molecular flexibility index (Phi) is 4.73. The number of sulfone groups is 1. The number of rotatable bonds is 3. The van der Waals surface area contributed by atoms with Crippen molar-refractivity contribution in [3.8, 4) is 12.3 Å². The van der Waals surface area contributed by atoms with Crippen molar-refractivity contribution in [2.75, 3.05) is 18.1 Å². The van der Waals surface area contributed by atoms with E-state index in [-0.39, 0.29) is 24.5 Å².